The molecule has 0 aromatic rings. The fourth-order valence-electron chi connectivity index (χ4n) is 3.66. The summed E-state index contributed by atoms with van der Waals surface area (Å²) in [4.78, 5) is 2.60. The molecule has 3 heteroatoms. The van der Waals surface area contributed by atoms with Crippen LogP contribution in [0.25, 0.3) is 0 Å². The Morgan fingerprint density at radius 1 is 1.42 bits per heavy atom. The molecule has 1 aliphatic rings. The van der Waals surface area contributed by atoms with E-state index in [9.17, 15) is 0 Å². The average molecular weight is 270 g/mol. The molecule has 0 amide bonds. The number of hydrogen-bond acceptors (Lipinski definition) is 3. The second-order valence-corrected chi connectivity index (χ2v) is 6.79. The van der Waals surface area contributed by atoms with Crippen LogP contribution in [0, 0.1) is 11.3 Å². The van der Waals surface area contributed by atoms with Crippen LogP contribution in [0.2, 0.25) is 0 Å². The van der Waals surface area contributed by atoms with Gasteiger partial charge in [-0.3, -0.25) is 4.90 Å². The molecule has 1 aliphatic carbocycles. The lowest BCUT2D eigenvalue weighted by Gasteiger charge is -2.44. The van der Waals surface area contributed by atoms with Gasteiger partial charge < -0.3 is 10.1 Å². The molecule has 0 radical (unpaired) electrons. The molecule has 0 aromatic carbocycles. The molecule has 3 nitrogen and oxygen atoms in total. The molecule has 2 atom stereocenters. The Bertz CT molecular complexity index is 241. The molecule has 0 heterocycles. The van der Waals surface area contributed by atoms with Crippen molar-refractivity contribution >= 4 is 0 Å². The van der Waals surface area contributed by atoms with Crippen LogP contribution < -0.4 is 5.32 Å². The Hall–Kier alpha value is -0.120. The highest BCUT2D eigenvalue weighted by Gasteiger charge is 2.36. The van der Waals surface area contributed by atoms with Gasteiger partial charge in [0.15, 0.2) is 0 Å². The largest absolute Gasteiger partial charge is 0.383 e. The Kier molecular flexibility index (Phi) is 7.33. The molecule has 1 rings (SSSR count). The number of hydrogen-bond donors (Lipinski definition) is 1. The van der Waals surface area contributed by atoms with Gasteiger partial charge in [0.2, 0.25) is 0 Å². The SMILES string of the molecule is CNCC1(CN(CCOC)C(C)C)CCCC(C)C1. The first-order valence-electron chi connectivity index (χ1n) is 7.90. The Balaban J connectivity index is 2.68. The second-order valence-electron chi connectivity index (χ2n) is 6.79. The minimum atomic E-state index is 0.463. The highest BCUT2D eigenvalue weighted by Crippen LogP contribution is 2.39. The van der Waals surface area contributed by atoms with Crippen molar-refractivity contribution in [3.63, 3.8) is 0 Å². The first-order chi connectivity index (χ1) is 9.03. The van der Waals surface area contributed by atoms with Crippen molar-refractivity contribution in [3.8, 4) is 0 Å². The maximum Gasteiger partial charge on any atom is 0.0589 e. The first-order valence-corrected chi connectivity index (χ1v) is 7.90. The number of nitrogens with zero attached hydrogens (tertiary/aromatic N) is 1. The lowest BCUT2D eigenvalue weighted by Crippen LogP contribution is -2.48. The normalized spacial score (nSPS) is 28.3. The van der Waals surface area contributed by atoms with Crippen molar-refractivity contribution in [2.24, 2.45) is 11.3 Å². The molecular weight excluding hydrogens is 236 g/mol. The van der Waals surface area contributed by atoms with Crippen LogP contribution in [0.5, 0.6) is 0 Å². The van der Waals surface area contributed by atoms with Gasteiger partial charge in [-0.2, -0.15) is 0 Å². The van der Waals surface area contributed by atoms with Gasteiger partial charge in [-0.15, -0.1) is 0 Å². The quantitative estimate of drug-likeness (QED) is 0.734. The summed E-state index contributed by atoms with van der Waals surface area (Å²) in [6.07, 6.45) is 5.53. The summed E-state index contributed by atoms with van der Waals surface area (Å²) in [6.45, 7) is 11.3. The number of rotatable bonds is 8. The molecule has 2 unspecified atom stereocenters. The van der Waals surface area contributed by atoms with Crippen molar-refractivity contribution < 1.29 is 4.74 Å². The smallest absolute Gasteiger partial charge is 0.0589 e. The summed E-state index contributed by atoms with van der Waals surface area (Å²) >= 11 is 0. The van der Waals surface area contributed by atoms with Crippen LogP contribution in [0.3, 0.4) is 0 Å². The average Bonchev–Trinajstić information content (AvgIpc) is 2.34. The third-order valence-electron chi connectivity index (χ3n) is 4.59. The monoisotopic (exact) mass is 270 g/mol. The molecular formula is C16H34N2O. The van der Waals surface area contributed by atoms with E-state index in [0.717, 1.165) is 25.6 Å². The van der Waals surface area contributed by atoms with E-state index < -0.39 is 0 Å². The summed E-state index contributed by atoms with van der Waals surface area (Å²) in [7, 11) is 3.89. The van der Waals surface area contributed by atoms with E-state index in [2.05, 4.69) is 38.0 Å². The molecule has 0 aromatic heterocycles. The molecule has 0 spiro atoms. The van der Waals surface area contributed by atoms with Gasteiger partial charge in [-0.1, -0.05) is 19.8 Å². The van der Waals surface area contributed by atoms with Crippen LogP contribution in [-0.4, -0.2) is 51.3 Å². The summed E-state index contributed by atoms with van der Waals surface area (Å²) in [6, 6.07) is 0.598. The van der Waals surface area contributed by atoms with Crippen molar-refractivity contribution in [3.05, 3.63) is 0 Å². The van der Waals surface area contributed by atoms with Crippen molar-refractivity contribution in [1.29, 1.82) is 0 Å². The van der Waals surface area contributed by atoms with Crippen LogP contribution in [0.1, 0.15) is 46.5 Å². The molecule has 114 valence electrons. The maximum absolute atomic E-state index is 5.27. The van der Waals surface area contributed by atoms with Gasteiger partial charge in [0.1, 0.15) is 0 Å². The van der Waals surface area contributed by atoms with E-state index in [4.69, 9.17) is 4.74 Å². The predicted molar refractivity (Wildman–Crippen MR) is 82.6 cm³/mol. The van der Waals surface area contributed by atoms with E-state index in [1.807, 2.05) is 0 Å². The van der Waals surface area contributed by atoms with Crippen LogP contribution in [0.15, 0.2) is 0 Å². The molecule has 1 saturated carbocycles. The maximum atomic E-state index is 5.27. The second kappa shape index (κ2) is 8.23. The summed E-state index contributed by atoms with van der Waals surface area (Å²) < 4.78 is 5.27. The molecule has 19 heavy (non-hydrogen) atoms. The number of nitrogens with one attached hydrogen (secondary N) is 1. The molecule has 0 saturated heterocycles. The topological polar surface area (TPSA) is 24.5 Å². The van der Waals surface area contributed by atoms with Crippen LogP contribution >= 0.6 is 0 Å². The highest BCUT2D eigenvalue weighted by molar-refractivity contribution is 4.90. The van der Waals surface area contributed by atoms with Gasteiger partial charge >= 0.3 is 0 Å². The zero-order chi connectivity index (χ0) is 14.3. The van der Waals surface area contributed by atoms with Gasteiger partial charge in [0.05, 0.1) is 6.61 Å². The first kappa shape index (κ1) is 16.9. The molecule has 0 bridgehead atoms. The van der Waals surface area contributed by atoms with E-state index in [0.29, 0.717) is 11.5 Å². The Labute approximate surface area is 120 Å². The van der Waals surface area contributed by atoms with Crippen LogP contribution in [0.4, 0.5) is 0 Å². The van der Waals surface area contributed by atoms with E-state index in [-0.39, 0.29) is 0 Å². The van der Waals surface area contributed by atoms with Gasteiger partial charge in [0, 0.05) is 32.8 Å². The zero-order valence-electron chi connectivity index (χ0n) is 13.7. The lowest BCUT2D eigenvalue weighted by atomic mass is 9.69. The van der Waals surface area contributed by atoms with Crippen molar-refractivity contribution in [2.45, 2.75) is 52.5 Å². The zero-order valence-corrected chi connectivity index (χ0v) is 13.7. The summed E-state index contributed by atoms with van der Waals surface area (Å²) in [5.41, 5.74) is 0.463. The molecule has 1 N–H and O–H groups in total. The fourth-order valence-corrected chi connectivity index (χ4v) is 3.66. The Morgan fingerprint density at radius 3 is 2.68 bits per heavy atom. The van der Waals surface area contributed by atoms with E-state index in [1.54, 1.807) is 7.11 Å². The summed E-state index contributed by atoms with van der Waals surface area (Å²) in [5, 5.41) is 3.44. The predicted octanol–water partition coefficient (Wildman–Crippen LogP) is 2.76. The van der Waals surface area contributed by atoms with E-state index >= 15 is 0 Å². The van der Waals surface area contributed by atoms with Crippen LogP contribution in [-0.2, 0) is 4.74 Å². The molecule has 1 fully saturated rings. The third kappa shape index (κ3) is 5.41. The van der Waals surface area contributed by atoms with Gasteiger partial charge in [0.25, 0.3) is 0 Å². The van der Waals surface area contributed by atoms with Crippen molar-refractivity contribution in [1.82, 2.24) is 10.2 Å². The Morgan fingerprint density at radius 2 is 2.16 bits per heavy atom. The standard InChI is InChI=1S/C16H34N2O/c1-14(2)18(9-10-19-5)13-16(12-17-4)8-6-7-15(3)11-16/h14-15,17H,6-13H2,1-5H3. The molecule has 0 aliphatic heterocycles. The lowest BCUT2D eigenvalue weighted by molar-refractivity contribution is 0.0494. The van der Waals surface area contributed by atoms with E-state index in [1.165, 1.54) is 32.2 Å². The summed E-state index contributed by atoms with van der Waals surface area (Å²) in [5.74, 6) is 0.874. The highest BCUT2D eigenvalue weighted by atomic mass is 16.5. The fraction of sp³-hybridized carbons (Fsp3) is 1.00. The van der Waals surface area contributed by atoms with Gasteiger partial charge in [-0.05, 0) is 45.1 Å². The third-order valence-corrected chi connectivity index (χ3v) is 4.59. The van der Waals surface area contributed by atoms with Gasteiger partial charge in [-0.25, -0.2) is 0 Å². The number of ether oxygens (including phenoxy) is 1. The number of methoxy groups -OCH3 is 1. The van der Waals surface area contributed by atoms with Crippen molar-refractivity contribution in [2.75, 3.05) is 40.4 Å². The minimum Gasteiger partial charge on any atom is -0.383 e. The minimum absolute atomic E-state index is 0.463.